The van der Waals surface area contributed by atoms with Crippen molar-refractivity contribution in [3.8, 4) is 0 Å². The fraction of sp³-hybridized carbons (Fsp3) is 0.588. The summed E-state index contributed by atoms with van der Waals surface area (Å²) < 4.78 is 0. The molecule has 0 amide bonds. The van der Waals surface area contributed by atoms with Crippen molar-refractivity contribution in [1.29, 1.82) is 0 Å². The van der Waals surface area contributed by atoms with Crippen LogP contribution < -0.4 is 10.2 Å². The molecule has 122 valence electrons. The molecule has 1 aliphatic rings. The van der Waals surface area contributed by atoms with Crippen molar-refractivity contribution in [2.24, 2.45) is 0 Å². The van der Waals surface area contributed by atoms with Crippen LogP contribution in [0.2, 0.25) is 0 Å². The number of likely N-dealkylation sites (N-methyl/N-ethyl adjacent to an activating group) is 1. The van der Waals surface area contributed by atoms with Crippen molar-refractivity contribution in [2.45, 2.75) is 13.8 Å². The maximum Gasteiger partial charge on any atom is 0.169 e. The molecule has 4 nitrogen and oxygen atoms in total. The Morgan fingerprint density at radius 1 is 1.18 bits per heavy atom. The largest absolute Gasteiger partial charge is 0.368 e. The van der Waals surface area contributed by atoms with Crippen molar-refractivity contribution in [1.82, 2.24) is 15.1 Å². The van der Waals surface area contributed by atoms with E-state index in [1.807, 2.05) is 0 Å². The number of anilines is 1. The molecular formula is C17H28N4S. The van der Waals surface area contributed by atoms with E-state index in [0.717, 1.165) is 44.4 Å². The summed E-state index contributed by atoms with van der Waals surface area (Å²) in [4.78, 5) is 6.92. The zero-order valence-electron chi connectivity index (χ0n) is 14.2. The highest BCUT2D eigenvalue weighted by molar-refractivity contribution is 7.80. The van der Waals surface area contributed by atoms with E-state index in [0.29, 0.717) is 0 Å². The second-order valence-corrected chi connectivity index (χ2v) is 6.62. The summed E-state index contributed by atoms with van der Waals surface area (Å²) in [6.07, 6.45) is 0. The summed E-state index contributed by atoms with van der Waals surface area (Å²) in [7, 11) is 4.15. The van der Waals surface area contributed by atoms with Gasteiger partial charge in [-0.1, -0.05) is 12.1 Å². The fourth-order valence-corrected chi connectivity index (χ4v) is 3.01. The van der Waals surface area contributed by atoms with Gasteiger partial charge in [-0.05, 0) is 57.4 Å². The molecule has 5 heteroatoms. The van der Waals surface area contributed by atoms with Crippen LogP contribution in [0.15, 0.2) is 18.2 Å². The minimum atomic E-state index is 0.891. The third-order valence-corrected chi connectivity index (χ3v) is 4.72. The minimum Gasteiger partial charge on any atom is -0.368 e. The van der Waals surface area contributed by atoms with Crippen LogP contribution in [0.25, 0.3) is 0 Å². The summed E-state index contributed by atoms with van der Waals surface area (Å²) >= 11 is 5.51. The van der Waals surface area contributed by atoms with Gasteiger partial charge in [0, 0.05) is 45.0 Å². The van der Waals surface area contributed by atoms with Gasteiger partial charge in [-0.3, -0.25) is 0 Å². The molecule has 1 fully saturated rings. The molecule has 1 aromatic carbocycles. The normalized spacial score (nSPS) is 15.3. The van der Waals surface area contributed by atoms with Gasteiger partial charge in [0.15, 0.2) is 5.11 Å². The third kappa shape index (κ3) is 4.34. The van der Waals surface area contributed by atoms with Gasteiger partial charge in [0.25, 0.3) is 0 Å². The van der Waals surface area contributed by atoms with Crippen molar-refractivity contribution in [3.63, 3.8) is 0 Å². The summed E-state index contributed by atoms with van der Waals surface area (Å²) in [6, 6.07) is 6.56. The first-order chi connectivity index (χ1) is 10.5. The zero-order valence-corrected chi connectivity index (χ0v) is 15.0. The molecule has 22 heavy (non-hydrogen) atoms. The van der Waals surface area contributed by atoms with Crippen LogP contribution in [0.5, 0.6) is 0 Å². The molecular weight excluding hydrogens is 292 g/mol. The Hall–Kier alpha value is -1.33. The molecule has 1 saturated heterocycles. The first-order valence-corrected chi connectivity index (χ1v) is 8.38. The molecule has 1 heterocycles. The summed E-state index contributed by atoms with van der Waals surface area (Å²) in [5.74, 6) is 0. The summed E-state index contributed by atoms with van der Waals surface area (Å²) in [5.41, 5.74) is 4.12. The van der Waals surface area contributed by atoms with Crippen LogP contribution in [0.1, 0.15) is 11.1 Å². The van der Waals surface area contributed by atoms with E-state index in [-0.39, 0.29) is 0 Å². The number of hydrogen-bond donors (Lipinski definition) is 1. The molecule has 0 radical (unpaired) electrons. The third-order valence-electron chi connectivity index (χ3n) is 4.32. The number of rotatable bonds is 4. The average Bonchev–Trinajstić information content (AvgIpc) is 2.50. The molecule has 1 aromatic rings. The van der Waals surface area contributed by atoms with E-state index >= 15 is 0 Å². The van der Waals surface area contributed by atoms with Crippen molar-refractivity contribution >= 4 is 23.0 Å². The Kier molecular flexibility index (Phi) is 6.03. The summed E-state index contributed by atoms with van der Waals surface area (Å²) in [6.45, 7) is 10.3. The molecule has 1 aliphatic heterocycles. The van der Waals surface area contributed by atoms with Crippen LogP contribution in [0.4, 0.5) is 5.69 Å². The van der Waals surface area contributed by atoms with Crippen LogP contribution in [0, 0.1) is 13.8 Å². The van der Waals surface area contributed by atoms with Gasteiger partial charge in [-0.25, -0.2) is 0 Å². The number of piperazine rings is 1. The molecule has 0 bridgehead atoms. The average molecular weight is 321 g/mol. The topological polar surface area (TPSA) is 21.8 Å². The molecule has 0 aromatic heterocycles. The SMILES string of the molecule is Cc1cccc(N2CCN(C(=S)NCCN(C)C)CC2)c1C. The van der Waals surface area contributed by atoms with Crippen LogP contribution >= 0.6 is 12.2 Å². The first-order valence-electron chi connectivity index (χ1n) is 7.97. The lowest BCUT2D eigenvalue weighted by Crippen LogP contribution is -2.52. The van der Waals surface area contributed by atoms with E-state index in [1.165, 1.54) is 16.8 Å². The maximum absolute atomic E-state index is 5.51. The number of thiocarbonyl (C=S) groups is 1. The highest BCUT2D eigenvalue weighted by Gasteiger charge is 2.20. The number of hydrogen-bond acceptors (Lipinski definition) is 3. The Labute approximate surface area is 140 Å². The van der Waals surface area contributed by atoms with Crippen LogP contribution in [0.3, 0.4) is 0 Å². The predicted octanol–water partition coefficient (Wildman–Crippen LogP) is 1.86. The Bertz CT molecular complexity index is 507. The van der Waals surface area contributed by atoms with Crippen molar-refractivity contribution in [3.05, 3.63) is 29.3 Å². The highest BCUT2D eigenvalue weighted by atomic mass is 32.1. The lowest BCUT2D eigenvalue weighted by atomic mass is 10.1. The lowest BCUT2D eigenvalue weighted by Gasteiger charge is -2.38. The lowest BCUT2D eigenvalue weighted by molar-refractivity contribution is 0.371. The standard InChI is InChI=1S/C17H28N4S/c1-14-6-5-7-16(15(14)2)20-10-12-21(13-11-20)17(22)18-8-9-19(3)4/h5-7H,8-13H2,1-4H3,(H,18,22). The van der Waals surface area contributed by atoms with Gasteiger partial charge >= 0.3 is 0 Å². The van der Waals surface area contributed by atoms with Gasteiger partial charge in [0.2, 0.25) is 0 Å². The van der Waals surface area contributed by atoms with Crippen molar-refractivity contribution in [2.75, 3.05) is 58.3 Å². The number of benzene rings is 1. The molecule has 1 N–H and O–H groups in total. The predicted molar refractivity (Wildman–Crippen MR) is 98.9 cm³/mol. The number of nitrogens with one attached hydrogen (secondary N) is 1. The highest BCUT2D eigenvalue weighted by Crippen LogP contribution is 2.23. The van der Waals surface area contributed by atoms with E-state index in [9.17, 15) is 0 Å². The number of aryl methyl sites for hydroxylation is 1. The first kappa shape index (κ1) is 17.0. The van der Waals surface area contributed by atoms with Crippen molar-refractivity contribution < 1.29 is 0 Å². The van der Waals surface area contributed by atoms with E-state index < -0.39 is 0 Å². The van der Waals surface area contributed by atoms with E-state index in [2.05, 4.69) is 66.2 Å². The smallest absolute Gasteiger partial charge is 0.169 e. The molecule has 2 rings (SSSR count). The molecule has 0 aliphatic carbocycles. The molecule has 0 atom stereocenters. The van der Waals surface area contributed by atoms with Gasteiger partial charge in [-0.2, -0.15) is 0 Å². The number of nitrogens with zero attached hydrogens (tertiary/aromatic N) is 3. The van der Waals surface area contributed by atoms with Gasteiger partial charge in [0.1, 0.15) is 0 Å². The van der Waals surface area contributed by atoms with Gasteiger partial charge < -0.3 is 20.0 Å². The maximum atomic E-state index is 5.51. The molecule has 0 spiro atoms. The Morgan fingerprint density at radius 3 is 2.50 bits per heavy atom. The summed E-state index contributed by atoms with van der Waals surface area (Å²) in [5, 5.41) is 4.25. The van der Waals surface area contributed by atoms with Gasteiger partial charge in [0.05, 0.1) is 0 Å². The second kappa shape index (κ2) is 7.79. The van der Waals surface area contributed by atoms with E-state index in [4.69, 9.17) is 12.2 Å². The second-order valence-electron chi connectivity index (χ2n) is 6.23. The minimum absolute atomic E-state index is 0.891. The Morgan fingerprint density at radius 2 is 1.86 bits per heavy atom. The fourth-order valence-electron chi connectivity index (χ4n) is 2.73. The van der Waals surface area contributed by atoms with Crippen LogP contribution in [-0.2, 0) is 0 Å². The van der Waals surface area contributed by atoms with Gasteiger partial charge in [-0.15, -0.1) is 0 Å². The zero-order chi connectivity index (χ0) is 16.1. The molecule has 0 saturated carbocycles. The molecule has 0 unspecified atom stereocenters. The van der Waals surface area contributed by atoms with E-state index in [1.54, 1.807) is 0 Å². The monoisotopic (exact) mass is 320 g/mol. The quantitative estimate of drug-likeness (QED) is 0.853. The van der Waals surface area contributed by atoms with Crippen LogP contribution in [-0.4, -0.2) is 68.3 Å². The Balaban J connectivity index is 1.85.